The Balaban J connectivity index is 4.07. The van der Waals surface area contributed by atoms with E-state index in [1.165, 1.54) is 0 Å². The number of hydrogen-bond acceptors (Lipinski definition) is 4. The minimum Gasteiger partial charge on any atom is -0.383 e. The first kappa shape index (κ1) is 15.9. The van der Waals surface area contributed by atoms with E-state index >= 15 is 0 Å². The number of nitrogens with one attached hydrogen (secondary N) is 1. The van der Waals surface area contributed by atoms with Gasteiger partial charge in [0, 0.05) is 13.2 Å². The fourth-order valence-corrected chi connectivity index (χ4v) is 2.50. The lowest BCUT2D eigenvalue weighted by molar-refractivity contribution is 0.165. The van der Waals surface area contributed by atoms with Crippen LogP contribution in [0.2, 0.25) is 0 Å². The van der Waals surface area contributed by atoms with Gasteiger partial charge in [-0.2, -0.15) is 0 Å². The summed E-state index contributed by atoms with van der Waals surface area (Å²) in [5.74, 6) is 0.248. The van der Waals surface area contributed by atoms with Gasteiger partial charge in [-0.1, -0.05) is 0 Å². The van der Waals surface area contributed by atoms with Crippen molar-refractivity contribution < 1.29 is 13.2 Å². The number of rotatable bonds is 7. The third kappa shape index (κ3) is 5.27. The molecule has 1 unspecified atom stereocenters. The number of methoxy groups -OCH3 is 1. The van der Waals surface area contributed by atoms with Gasteiger partial charge in [0.2, 0.25) is 0 Å². The van der Waals surface area contributed by atoms with Gasteiger partial charge in [-0.05, 0) is 40.7 Å². The molecular formula is C11H25NO3S. The molecule has 0 amide bonds. The molecule has 5 heteroatoms. The standard InChI is InChI=1S/C11H25NO3S/c1-11(2,3)16(13,14)8-6-7-10(12-4)9-15-5/h10,12H,6-9H2,1-5H3. The van der Waals surface area contributed by atoms with Crippen molar-refractivity contribution in [3.05, 3.63) is 0 Å². The van der Waals surface area contributed by atoms with E-state index < -0.39 is 14.6 Å². The smallest absolute Gasteiger partial charge is 0.155 e. The summed E-state index contributed by atoms with van der Waals surface area (Å²) in [6, 6.07) is 0.236. The van der Waals surface area contributed by atoms with Gasteiger partial charge in [-0.15, -0.1) is 0 Å². The van der Waals surface area contributed by atoms with Crippen LogP contribution in [0.3, 0.4) is 0 Å². The van der Waals surface area contributed by atoms with E-state index in [-0.39, 0.29) is 11.8 Å². The van der Waals surface area contributed by atoms with Crippen LogP contribution < -0.4 is 5.32 Å². The van der Waals surface area contributed by atoms with Gasteiger partial charge >= 0.3 is 0 Å². The van der Waals surface area contributed by atoms with Crippen molar-refractivity contribution in [3.8, 4) is 0 Å². The van der Waals surface area contributed by atoms with Crippen LogP contribution >= 0.6 is 0 Å². The molecular weight excluding hydrogens is 226 g/mol. The molecule has 0 fully saturated rings. The molecule has 0 aromatic rings. The van der Waals surface area contributed by atoms with Crippen LogP contribution in [0.5, 0.6) is 0 Å². The van der Waals surface area contributed by atoms with Gasteiger partial charge in [-0.3, -0.25) is 0 Å². The summed E-state index contributed by atoms with van der Waals surface area (Å²) >= 11 is 0. The summed E-state index contributed by atoms with van der Waals surface area (Å²) < 4.78 is 28.0. The largest absolute Gasteiger partial charge is 0.383 e. The van der Waals surface area contributed by atoms with Gasteiger partial charge < -0.3 is 10.1 Å². The van der Waals surface area contributed by atoms with Crippen LogP contribution in [-0.4, -0.2) is 45.7 Å². The van der Waals surface area contributed by atoms with Crippen molar-refractivity contribution in [2.75, 3.05) is 26.5 Å². The molecule has 4 nitrogen and oxygen atoms in total. The van der Waals surface area contributed by atoms with Crippen LogP contribution in [0.1, 0.15) is 33.6 Å². The summed E-state index contributed by atoms with van der Waals surface area (Å²) in [4.78, 5) is 0. The summed E-state index contributed by atoms with van der Waals surface area (Å²) in [6.07, 6.45) is 1.49. The molecule has 1 N–H and O–H groups in total. The summed E-state index contributed by atoms with van der Waals surface area (Å²) in [5, 5.41) is 3.11. The lowest BCUT2D eigenvalue weighted by Crippen LogP contribution is -2.33. The maximum atomic E-state index is 11.8. The van der Waals surface area contributed by atoms with Crippen LogP contribution in [0, 0.1) is 0 Å². The van der Waals surface area contributed by atoms with Crippen molar-refractivity contribution in [2.45, 2.75) is 44.4 Å². The highest BCUT2D eigenvalue weighted by molar-refractivity contribution is 7.92. The van der Waals surface area contributed by atoms with Crippen LogP contribution in [0.4, 0.5) is 0 Å². The molecule has 0 radical (unpaired) electrons. The van der Waals surface area contributed by atoms with Crippen LogP contribution in [-0.2, 0) is 14.6 Å². The quantitative estimate of drug-likeness (QED) is 0.739. The molecule has 0 saturated carbocycles. The van der Waals surface area contributed by atoms with Crippen LogP contribution in [0.25, 0.3) is 0 Å². The van der Waals surface area contributed by atoms with E-state index in [4.69, 9.17) is 4.74 Å². The van der Waals surface area contributed by atoms with Gasteiger partial charge in [0.15, 0.2) is 9.84 Å². The molecule has 0 rings (SSSR count). The number of ether oxygens (including phenoxy) is 1. The monoisotopic (exact) mass is 251 g/mol. The molecule has 16 heavy (non-hydrogen) atoms. The first-order valence-electron chi connectivity index (χ1n) is 5.63. The van der Waals surface area contributed by atoms with Crippen molar-refractivity contribution in [1.82, 2.24) is 5.32 Å². The lowest BCUT2D eigenvalue weighted by atomic mass is 10.2. The first-order valence-corrected chi connectivity index (χ1v) is 7.28. The molecule has 0 bridgehead atoms. The molecule has 0 aliphatic carbocycles. The highest BCUT2D eigenvalue weighted by Crippen LogP contribution is 2.17. The molecule has 0 saturated heterocycles. The molecule has 98 valence electrons. The zero-order valence-electron chi connectivity index (χ0n) is 11.0. The van der Waals surface area contributed by atoms with Crippen molar-refractivity contribution in [3.63, 3.8) is 0 Å². The van der Waals surface area contributed by atoms with Crippen molar-refractivity contribution >= 4 is 9.84 Å². The third-order valence-corrected chi connectivity index (χ3v) is 5.37. The van der Waals surface area contributed by atoms with Crippen LogP contribution in [0.15, 0.2) is 0 Å². The van der Waals surface area contributed by atoms with Crippen molar-refractivity contribution in [1.29, 1.82) is 0 Å². The minimum absolute atomic E-state index is 0.236. The third-order valence-electron chi connectivity index (χ3n) is 2.67. The maximum Gasteiger partial charge on any atom is 0.155 e. The Morgan fingerprint density at radius 2 is 1.88 bits per heavy atom. The Morgan fingerprint density at radius 3 is 2.25 bits per heavy atom. The molecule has 0 aliphatic heterocycles. The van der Waals surface area contributed by atoms with E-state index in [0.717, 1.165) is 6.42 Å². The number of likely N-dealkylation sites (N-methyl/N-ethyl adjacent to an activating group) is 1. The molecule has 0 spiro atoms. The van der Waals surface area contributed by atoms with E-state index in [2.05, 4.69) is 5.32 Å². The lowest BCUT2D eigenvalue weighted by Gasteiger charge is -2.20. The predicted molar refractivity (Wildman–Crippen MR) is 67.5 cm³/mol. The van der Waals surface area contributed by atoms with E-state index in [1.54, 1.807) is 27.9 Å². The van der Waals surface area contributed by atoms with Gasteiger partial charge in [0.1, 0.15) is 0 Å². The highest BCUT2D eigenvalue weighted by atomic mass is 32.2. The summed E-state index contributed by atoms with van der Waals surface area (Å²) in [6.45, 7) is 5.85. The fourth-order valence-electron chi connectivity index (χ4n) is 1.34. The summed E-state index contributed by atoms with van der Waals surface area (Å²) in [5.41, 5.74) is 0. The minimum atomic E-state index is -2.99. The Kier molecular flexibility index (Phi) is 6.51. The highest BCUT2D eigenvalue weighted by Gasteiger charge is 2.28. The zero-order valence-corrected chi connectivity index (χ0v) is 11.9. The molecule has 1 atom stereocenters. The van der Waals surface area contributed by atoms with Crippen molar-refractivity contribution in [2.24, 2.45) is 0 Å². The molecule has 0 heterocycles. The van der Waals surface area contributed by atoms with Gasteiger partial charge in [0.05, 0.1) is 17.1 Å². The first-order chi connectivity index (χ1) is 7.24. The van der Waals surface area contributed by atoms with E-state index in [9.17, 15) is 8.42 Å². The van der Waals surface area contributed by atoms with E-state index in [0.29, 0.717) is 13.0 Å². The predicted octanol–water partition coefficient (Wildman–Crippen LogP) is 1.21. The van der Waals surface area contributed by atoms with E-state index in [1.807, 2.05) is 7.05 Å². The second-order valence-electron chi connectivity index (χ2n) is 5.01. The molecule has 0 aromatic carbocycles. The second kappa shape index (κ2) is 6.57. The topological polar surface area (TPSA) is 55.4 Å². The summed E-state index contributed by atoms with van der Waals surface area (Å²) in [7, 11) is 0.527. The molecule has 0 aromatic heterocycles. The Hall–Kier alpha value is -0.130. The normalized spacial score (nSPS) is 15.1. The Labute approximate surface area is 99.7 Å². The average molecular weight is 251 g/mol. The Bertz CT molecular complexity index is 280. The number of sulfone groups is 1. The zero-order chi connectivity index (χ0) is 12.8. The average Bonchev–Trinajstić information content (AvgIpc) is 2.14. The Morgan fingerprint density at radius 1 is 1.31 bits per heavy atom. The SMILES string of the molecule is CNC(CCCS(=O)(=O)C(C)(C)C)COC. The fraction of sp³-hybridized carbons (Fsp3) is 1.00. The second-order valence-corrected chi connectivity index (χ2v) is 7.88. The van der Waals surface area contributed by atoms with Gasteiger partial charge in [0.25, 0.3) is 0 Å². The number of hydrogen-bond donors (Lipinski definition) is 1. The van der Waals surface area contributed by atoms with Gasteiger partial charge in [-0.25, -0.2) is 8.42 Å². The molecule has 0 aliphatic rings. The maximum absolute atomic E-state index is 11.8.